The number of ether oxygens (including phenoxy) is 1. The summed E-state index contributed by atoms with van der Waals surface area (Å²) < 4.78 is 4.86. The Hall–Kier alpha value is -2.17. The fourth-order valence-corrected chi connectivity index (χ4v) is 1.48. The molecule has 5 nitrogen and oxygen atoms in total. The van der Waals surface area contributed by atoms with Gasteiger partial charge in [-0.1, -0.05) is 30.3 Å². The van der Waals surface area contributed by atoms with Crippen LogP contribution in [0.5, 0.6) is 0 Å². The molecule has 0 spiro atoms. The zero-order chi connectivity index (χ0) is 14.1. The first-order valence-electron chi connectivity index (χ1n) is 6.05. The molecule has 1 aromatic rings. The molecule has 0 fully saturated rings. The predicted octanol–water partition coefficient (Wildman–Crippen LogP) is 2.06. The molecule has 0 saturated carbocycles. The van der Waals surface area contributed by atoms with Gasteiger partial charge in [-0.05, 0) is 6.42 Å². The Morgan fingerprint density at radius 1 is 1.00 bits per heavy atom. The summed E-state index contributed by atoms with van der Waals surface area (Å²) in [4.78, 5) is 33.1. The molecule has 0 bridgehead atoms. The molecule has 1 aromatic carbocycles. The number of carbonyl (C=O) groups excluding carboxylic acids is 2. The number of aliphatic carboxylic acids is 1. The molecule has 102 valence electrons. The summed E-state index contributed by atoms with van der Waals surface area (Å²) in [5.41, 5.74) is 0.587. The number of Topliss-reactive ketones (excluding diaryl/α,β-unsaturated/α-hetero) is 1. The number of hydrogen-bond donors (Lipinski definition) is 1. The summed E-state index contributed by atoms with van der Waals surface area (Å²) in [5.74, 6) is -1.49. The van der Waals surface area contributed by atoms with Gasteiger partial charge in [0.15, 0.2) is 5.78 Å². The number of benzene rings is 1. The van der Waals surface area contributed by atoms with E-state index in [0.29, 0.717) is 5.56 Å². The summed E-state index contributed by atoms with van der Waals surface area (Å²) >= 11 is 0. The van der Waals surface area contributed by atoms with E-state index in [0.717, 1.165) is 0 Å². The van der Waals surface area contributed by atoms with Crippen molar-refractivity contribution in [3.63, 3.8) is 0 Å². The third-order valence-corrected chi connectivity index (χ3v) is 2.46. The summed E-state index contributed by atoms with van der Waals surface area (Å²) in [6.45, 7) is 0.0274. The summed E-state index contributed by atoms with van der Waals surface area (Å²) in [5, 5.41) is 8.40. The predicted molar refractivity (Wildman–Crippen MR) is 67.8 cm³/mol. The number of hydrogen-bond acceptors (Lipinski definition) is 4. The van der Waals surface area contributed by atoms with Crippen LogP contribution >= 0.6 is 0 Å². The molecule has 5 heteroatoms. The van der Waals surface area contributed by atoms with E-state index in [2.05, 4.69) is 0 Å². The van der Waals surface area contributed by atoms with E-state index in [1.165, 1.54) is 0 Å². The number of ketones is 1. The average Bonchev–Trinajstić information content (AvgIpc) is 2.39. The molecule has 0 radical (unpaired) electrons. The minimum Gasteiger partial charge on any atom is -0.481 e. The highest BCUT2D eigenvalue weighted by molar-refractivity contribution is 5.96. The number of carboxylic acids is 1. The molecule has 0 aliphatic rings. The summed E-state index contributed by atoms with van der Waals surface area (Å²) in [7, 11) is 0. The van der Waals surface area contributed by atoms with Crippen molar-refractivity contribution in [3.8, 4) is 0 Å². The van der Waals surface area contributed by atoms with E-state index in [1.807, 2.05) is 6.07 Å². The molecule has 1 rings (SSSR count). The van der Waals surface area contributed by atoms with Gasteiger partial charge in [-0.2, -0.15) is 0 Å². The van der Waals surface area contributed by atoms with Gasteiger partial charge in [-0.25, -0.2) is 0 Å². The van der Waals surface area contributed by atoms with Crippen LogP contribution in [0, 0.1) is 0 Å². The first-order chi connectivity index (χ1) is 9.09. The molecule has 0 unspecified atom stereocenters. The number of carboxylic acid groups (broad SMARTS) is 1. The summed E-state index contributed by atoms with van der Waals surface area (Å²) in [6, 6.07) is 8.77. The topological polar surface area (TPSA) is 80.7 Å². The van der Waals surface area contributed by atoms with Crippen molar-refractivity contribution in [2.45, 2.75) is 25.7 Å². The molecule has 0 atom stereocenters. The average molecular weight is 264 g/mol. The summed E-state index contributed by atoms with van der Waals surface area (Å²) in [6.07, 6.45) is 0.388. The van der Waals surface area contributed by atoms with Crippen molar-refractivity contribution in [3.05, 3.63) is 35.9 Å². The minimum absolute atomic E-state index is 0.0274. The Kier molecular flexibility index (Phi) is 6.29. The van der Waals surface area contributed by atoms with E-state index in [1.54, 1.807) is 24.3 Å². The maximum Gasteiger partial charge on any atom is 0.305 e. The van der Waals surface area contributed by atoms with Gasteiger partial charge in [0, 0.05) is 24.8 Å². The quantitative estimate of drug-likeness (QED) is 0.574. The second-order valence-corrected chi connectivity index (χ2v) is 4.01. The van der Waals surface area contributed by atoms with E-state index in [-0.39, 0.29) is 38.1 Å². The van der Waals surface area contributed by atoms with Crippen molar-refractivity contribution < 1.29 is 24.2 Å². The molecule has 0 heterocycles. The lowest BCUT2D eigenvalue weighted by atomic mass is 10.1. The lowest BCUT2D eigenvalue weighted by Gasteiger charge is -2.04. The van der Waals surface area contributed by atoms with E-state index < -0.39 is 11.9 Å². The monoisotopic (exact) mass is 264 g/mol. The Morgan fingerprint density at radius 2 is 1.68 bits per heavy atom. The highest BCUT2D eigenvalue weighted by Gasteiger charge is 2.08. The van der Waals surface area contributed by atoms with Crippen LogP contribution in [-0.4, -0.2) is 29.4 Å². The van der Waals surface area contributed by atoms with Crippen LogP contribution in [-0.2, 0) is 14.3 Å². The molecule has 1 N–H and O–H groups in total. The van der Waals surface area contributed by atoms with Gasteiger partial charge in [0.2, 0.25) is 0 Å². The molecular weight excluding hydrogens is 248 g/mol. The normalized spacial score (nSPS) is 9.89. The molecule has 0 amide bonds. The second-order valence-electron chi connectivity index (χ2n) is 4.01. The smallest absolute Gasteiger partial charge is 0.305 e. The van der Waals surface area contributed by atoms with Crippen LogP contribution in [0.2, 0.25) is 0 Å². The maximum absolute atomic E-state index is 11.7. The standard InChI is InChI=1S/C14H16O5/c15-12(11-5-2-1-3-6-11)9-10-19-14(18)8-4-7-13(16)17/h1-3,5-6H,4,7-10H2,(H,16,17). The van der Waals surface area contributed by atoms with Crippen LogP contribution in [0.4, 0.5) is 0 Å². The molecule has 0 aliphatic carbocycles. The van der Waals surface area contributed by atoms with Crippen LogP contribution in [0.3, 0.4) is 0 Å². The lowest BCUT2D eigenvalue weighted by Crippen LogP contribution is -2.10. The van der Waals surface area contributed by atoms with Crippen molar-refractivity contribution in [2.75, 3.05) is 6.61 Å². The molecule has 0 aromatic heterocycles. The SMILES string of the molecule is O=C(O)CCCC(=O)OCCC(=O)c1ccccc1. The number of carbonyl (C=O) groups is 3. The molecule has 0 aliphatic heterocycles. The highest BCUT2D eigenvalue weighted by Crippen LogP contribution is 2.04. The Bertz CT molecular complexity index is 438. The van der Waals surface area contributed by atoms with Gasteiger partial charge < -0.3 is 9.84 Å². The molecular formula is C14H16O5. The van der Waals surface area contributed by atoms with Gasteiger partial charge >= 0.3 is 11.9 Å². The van der Waals surface area contributed by atoms with Crippen LogP contribution in [0.25, 0.3) is 0 Å². The Labute approximate surface area is 111 Å². The van der Waals surface area contributed by atoms with Gasteiger partial charge in [0.05, 0.1) is 6.61 Å². The van der Waals surface area contributed by atoms with E-state index in [4.69, 9.17) is 9.84 Å². The van der Waals surface area contributed by atoms with E-state index in [9.17, 15) is 14.4 Å². The fourth-order valence-electron chi connectivity index (χ4n) is 1.48. The van der Waals surface area contributed by atoms with Crippen LogP contribution < -0.4 is 0 Å². The van der Waals surface area contributed by atoms with Crippen molar-refractivity contribution in [1.82, 2.24) is 0 Å². The first kappa shape index (κ1) is 14.9. The van der Waals surface area contributed by atoms with Crippen molar-refractivity contribution in [2.24, 2.45) is 0 Å². The lowest BCUT2D eigenvalue weighted by molar-refractivity contribution is -0.143. The number of rotatable bonds is 8. The largest absolute Gasteiger partial charge is 0.481 e. The van der Waals surface area contributed by atoms with Crippen molar-refractivity contribution in [1.29, 1.82) is 0 Å². The second kappa shape index (κ2) is 8.02. The third kappa shape index (κ3) is 6.35. The molecule has 0 saturated heterocycles. The third-order valence-electron chi connectivity index (χ3n) is 2.46. The zero-order valence-electron chi connectivity index (χ0n) is 10.5. The van der Waals surface area contributed by atoms with Crippen LogP contribution in [0.15, 0.2) is 30.3 Å². The van der Waals surface area contributed by atoms with E-state index >= 15 is 0 Å². The van der Waals surface area contributed by atoms with Gasteiger partial charge in [0.25, 0.3) is 0 Å². The first-order valence-corrected chi connectivity index (χ1v) is 6.05. The number of esters is 1. The van der Waals surface area contributed by atoms with Gasteiger partial charge in [0.1, 0.15) is 0 Å². The van der Waals surface area contributed by atoms with Crippen LogP contribution in [0.1, 0.15) is 36.0 Å². The van der Waals surface area contributed by atoms with Gasteiger partial charge in [-0.3, -0.25) is 14.4 Å². The fraction of sp³-hybridized carbons (Fsp3) is 0.357. The van der Waals surface area contributed by atoms with Crippen molar-refractivity contribution >= 4 is 17.7 Å². The molecule has 19 heavy (non-hydrogen) atoms. The Morgan fingerprint density at radius 3 is 2.32 bits per heavy atom. The maximum atomic E-state index is 11.7. The minimum atomic E-state index is -0.938. The Balaban J connectivity index is 2.18. The highest BCUT2D eigenvalue weighted by atomic mass is 16.5. The zero-order valence-corrected chi connectivity index (χ0v) is 10.5. The van der Waals surface area contributed by atoms with Gasteiger partial charge in [-0.15, -0.1) is 0 Å².